The molecule has 19 nitrogen and oxygen atoms in total. The predicted molar refractivity (Wildman–Crippen MR) is 166 cm³/mol. The number of carbonyl (C=O) groups is 5. The number of carboxylic acid groups (broad SMARTS) is 1. The van der Waals surface area contributed by atoms with E-state index in [0.717, 1.165) is 16.4 Å². The topological polar surface area (TPSA) is 267 Å². The highest BCUT2D eigenvalue weighted by Gasteiger charge is 2.53. The summed E-state index contributed by atoms with van der Waals surface area (Å²) in [5.41, 5.74) is 5.08. The van der Waals surface area contributed by atoms with Gasteiger partial charge in [0.1, 0.15) is 11.4 Å². The molecule has 0 radical (unpaired) electrons. The van der Waals surface area contributed by atoms with Crippen molar-refractivity contribution in [3.05, 3.63) is 50.9 Å². The second kappa shape index (κ2) is 13.4. The molecule has 2 aromatic heterocycles. The summed E-state index contributed by atoms with van der Waals surface area (Å²) >= 11 is 1.94. The van der Waals surface area contributed by atoms with Crippen molar-refractivity contribution in [1.82, 2.24) is 29.4 Å². The van der Waals surface area contributed by atoms with Crippen LogP contribution in [0.25, 0.3) is 0 Å². The number of nitrogens with two attached hydrogens (primary N) is 1. The molecule has 0 aromatic carbocycles. The number of fused-ring (bicyclic) bond motifs is 1. The number of allylic oxidation sites excluding steroid dienone is 1. The number of nitrogens with zero attached hydrogens (tertiary/aromatic N) is 6. The van der Waals surface area contributed by atoms with Gasteiger partial charge >= 0.3 is 11.9 Å². The molecule has 3 saturated heterocycles. The quantitative estimate of drug-likeness (QED) is 0.0918. The zero-order valence-electron chi connectivity index (χ0n) is 25.9. The lowest BCUT2D eigenvalue weighted by atomic mass is 10.0. The minimum Gasteiger partial charge on any atom is -0.543 e. The molecule has 3 fully saturated rings. The monoisotopic (exact) mass is 717 g/mol. The Balaban J connectivity index is 1.08. The second-order valence-electron chi connectivity index (χ2n) is 11.7. The van der Waals surface area contributed by atoms with Crippen molar-refractivity contribution >= 4 is 63.9 Å². The lowest BCUT2D eigenvalue weighted by molar-refractivity contribution is -0.301. The number of hydrogen-bond acceptors (Lipinski definition) is 17. The highest BCUT2D eigenvalue weighted by Crippen LogP contribution is 2.41. The van der Waals surface area contributed by atoms with Crippen LogP contribution in [0.3, 0.4) is 0 Å². The van der Waals surface area contributed by atoms with E-state index in [1.807, 2.05) is 0 Å². The Kier molecular flexibility index (Phi) is 9.20. The molecule has 49 heavy (non-hydrogen) atoms. The minimum absolute atomic E-state index is 0.0256. The van der Waals surface area contributed by atoms with Gasteiger partial charge < -0.3 is 49.5 Å². The van der Waals surface area contributed by atoms with Crippen LogP contribution in [0.2, 0.25) is 0 Å². The Morgan fingerprint density at radius 3 is 2.69 bits per heavy atom. The van der Waals surface area contributed by atoms with E-state index in [4.69, 9.17) is 19.3 Å². The van der Waals surface area contributed by atoms with Gasteiger partial charge in [0.2, 0.25) is 17.4 Å². The summed E-state index contributed by atoms with van der Waals surface area (Å²) in [6, 6.07) is -1.46. The van der Waals surface area contributed by atoms with Gasteiger partial charge in [-0.1, -0.05) is 19.0 Å². The number of nitrogens with one attached hydrogen (secondary N) is 1. The average molecular weight is 718 g/mol. The van der Waals surface area contributed by atoms with Crippen molar-refractivity contribution in [2.45, 2.75) is 56.7 Å². The number of oxime groups is 1. The Bertz CT molecular complexity index is 1880. The minimum atomic E-state index is -1.63. The standard InChI is InChI=1S/C28H30N8O11S2/c1-11(2)19-15(46-28(43)47-19)9-45-27(42)34-5-4-14(8-34)35-6-3-12(22(35)38)7-13-10-48-24-17(23(39)36(24)18(13)25(40)41)30-21(37)16(32-44)20-31-26(29)49-33-20/h7,11,14,17,24,44H,3-6,8-10H2,1-2H3,(H,30,37)(H,40,41)(H2,29,31,33)/p-1/b12-7+,32-16-/t14-,17-,24-/m1/s1. The number of anilines is 1. The molecule has 0 unspecified atom stereocenters. The molecule has 4 N–H and O–H groups in total. The van der Waals surface area contributed by atoms with Crippen LogP contribution < -0.4 is 22.0 Å². The predicted octanol–water partition coefficient (Wildman–Crippen LogP) is -1.06. The van der Waals surface area contributed by atoms with Gasteiger partial charge in [-0.15, -0.1) is 11.8 Å². The summed E-state index contributed by atoms with van der Waals surface area (Å²) in [5.74, 6) is -4.42. The van der Waals surface area contributed by atoms with E-state index in [1.54, 1.807) is 18.7 Å². The Morgan fingerprint density at radius 1 is 1.24 bits per heavy atom. The van der Waals surface area contributed by atoms with Crippen LogP contribution in [-0.4, -0.2) is 108 Å². The first-order chi connectivity index (χ1) is 23.4. The fourth-order valence-electron chi connectivity index (χ4n) is 6.04. The molecule has 4 amide bonds. The molecule has 4 aliphatic heterocycles. The number of aliphatic carboxylic acids is 1. The first-order valence-corrected chi connectivity index (χ1v) is 16.8. The normalized spacial score (nSPS) is 23.4. The van der Waals surface area contributed by atoms with E-state index in [9.17, 15) is 39.1 Å². The molecule has 0 spiro atoms. The fraction of sp³-hybridized carbons (Fsp3) is 0.464. The highest BCUT2D eigenvalue weighted by atomic mass is 32.2. The van der Waals surface area contributed by atoms with E-state index in [1.165, 1.54) is 22.7 Å². The summed E-state index contributed by atoms with van der Waals surface area (Å²) in [4.78, 5) is 83.6. The number of amides is 4. The van der Waals surface area contributed by atoms with Crippen LogP contribution in [0, 0.1) is 0 Å². The van der Waals surface area contributed by atoms with Crippen molar-refractivity contribution in [2.24, 2.45) is 5.16 Å². The first-order valence-electron chi connectivity index (χ1n) is 15.0. The number of β-lactam (4-membered cyclic amide) rings is 1. The van der Waals surface area contributed by atoms with Crippen LogP contribution in [0.15, 0.2) is 41.7 Å². The lowest BCUT2D eigenvalue weighted by Crippen LogP contribution is -2.71. The molecule has 0 saturated carbocycles. The highest BCUT2D eigenvalue weighted by molar-refractivity contribution is 8.00. The van der Waals surface area contributed by atoms with Gasteiger partial charge in [-0.2, -0.15) is 9.36 Å². The summed E-state index contributed by atoms with van der Waals surface area (Å²) < 4.78 is 19.2. The SMILES string of the molecule is CC(C)c1oc(=O)oc1COC(=O)N1CC[C@@H](N2CC/C(=C\C3=C(C(=O)[O-])N4C(=O)[C@@H](NC(=O)/C(=N\O)c5nsc(N)n5)[C@H]4SC3)C2=O)C1. The maximum Gasteiger partial charge on any atom is 0.519 e. The molecule has 0 aliphatic carbocycles. The zero-order valence-corrected chi connectivity index (χ0v) is 27.6. The van der Waals surface area contributed by atoms with E-state index in [-0.39, 0.29) is 59.1 Å². The molecular formula is C28H29N8O11S2-. The summed E-state index contributed by atoms with van der Waals surface area (Å²) in [5, 5.41) is 26.1. The van der Waals surface area contributed by atoms with Crippen molar-refractivity contribution < 1.29 is 47.9 Å². The van der Waals surface area contributed by atoms with E-state index >= 15 is 0 Å². The number of thioether (sulfide) groups is 1. The van der Waals surface area contributed by atoms with Crippen molar-refractivity contribution in [3.8, 4) is 0 Å². The molecule has 0 bridgehead atoms. The van der Waals surface area contributed by atoms with Crippen LogP contribution in [-0.2, 0) is 30.5 Å². The Morgan fingerprint density at radius 2 is 2.02 bits per heavy atom. The van der Waals surface area contributed by atoms with Gasteiger partial charge in [0.25, 0.3) is 11.8 Å². The number of nitrogen functional groups attached to an aromatic ring is 1. The summed E-state index contributed by atoms with van der Waals surface area (Å²) in [7, 11) is 0. The molecule has 6 heterocycles. The number of hydrogen-bond donors (Lipinski definition) is 3. The third-order valence-electron chi connectivity index (χ3n) is 8.34. The maximum atomic E-state index is 13.4. The lowest BCUT2D eigenvalue weighted by Gasteiger charge is -2.50. The van der Waals surface area contributed by atoms with Gasteiger partial charge in [0.15, 0.2) is 23.3 Å². The molecule has 3 atom stereocenters. The number of rotatable bonds is 9. The third-order valence-corrected chi connectivity index (χ3v) is 10.2. The number of ether oxygens (including phenoxy) is 1. The summed E-state index contributed by atoms with van der Waals surface area (Å²) in [6.07, 6.45) is 1.61. The van der Waals surface area contributed by atoms with Crippen LogP contribution in [0.4, 0.5) is 9.93 Å². The average Bonchev–Trinajstić information content (AvgIpc) is 3.87. The second-order valence-corrected chi connectivity index (χ2v) is 13.6. The van der Waals surface area contributed by atoms with Gasteiger partial charge in [-0.05, 0) is 24.5 Å². The van der Waals surface area contributed by atoms with Crippen LogP contribution >= 0.6 is 23.3 Å². The van der Waals surface area contributed by atoms with Gasteiger partial charge in [-0.3, -0.25) is 19.3 Å². The molecule has 2 aromatic rings. The molecule has 260 valence electrons. The Labute approximate surface area is 284 Å². The van der Waals surface area contributed by atoms with Crippen molar-refractivity contribution in [2.75, 3.05) is 31.1 Å². The third kappa shape index (κ3) is 6.37. The molecule has 4 aliphatic rings. The van der Waals surface area contributed by atoms with E-state index < -0.39 is 52.5 Å². The van der Waals surface area contributed by atoms with Crippen LogP contribution in [0.1, 0.15) is 50.0 Å². The van der Waals surface area contributed by atoms with Gasteiger partial charge in [0, 0.05) is 48.4 Å². The molecule has 21 heteroatoms. The number of likely N-dealkylation sites (tertiary alicyclic amines) is 2. The van der Waals surface area contributed by atoms with Crippen molar-refractivity contribution in [1.29, 1.82) is 0 Å². The van der Waals surface area contributed by atoms with Crippen molar-refractivity contribution in [3.63, 3.8) is 0 Å². The van der Waals surface area contributed by atoms with E-state index in [0.29, 0.717) is 37.3 Å². The zero-order chi connectivity index (χ0) is 35.1. The molecular weight excluding hydrogens is 688 g/mol. The van der Waals surface area contributed by atoms with Gasteiger partial charge in [-0.25, -0.2) is 9.59 Å². The van der Waals surface area contributed by atoms with Crippen LogP contribution in [0.5, 0.6) is 0 Å². The summed E-state index contributed by atoms with van der Waals surface area (Å²) in [6.45, 7) is 4.19. The number of carboxylic acids is 1. The maximum absolute atomic E-state index is 13.4. The molecule has 6 rings (SSSR count). The number of carbonyl (C=O) groups excluding carboxylic acids is 5. The Hall–Kier alpha value is -5.18. The fourth-order valence-corrected chi connectivity index (χ4v) is 7.78. The van der Waals surface area contributed by atoms with E-state index in [2.05, 4.69) is 19.8 Å². The smallest absolute Gasteiger partial charge is 0.519 e. The van der Waals surface area contributed by atoms with Gasteiger partial charge in [0.05, 0.1) is 17.7 Å². The first kappa shape index (κ1) is 33.7. The largest absolute Gasteiger partial charge is 0.543 e. The number of aromatic nitrogens is 2.